The molecule has 25 heavy (non-hydrogen) atoms. The molecular formula is C17H18N4O4. The predicted molar refractivity (Wildman–Crippen MR) is 88.9 cm³/mol. The van der Waals surface area contributed by atoms with Crippen LogP contribution in [0.1, 0.15) is 30.1 Å². The molecule has 1 aliphatic carbocycles. The molecule has 8 nitrogen and oxygen atoms in total. The zero-order chi connectivity index (χ0) is 17.9. The highest BCUT2D eigenvalue weighted by molar-refractivity contribution is 6.06. The van der Waals surface area contributed by atoms with Gasteiger partial charge in [0, 0.05) is 23.2 Å². The number of rotatable bonds is 4. The Bertz CT molecular complexity index is 919. The highest BCUT2D eigenvalue weighted by Crippen LogP contribution is 2.48. The third kappa shape index (κ3) is 2.45. The summed E-state index contributed by atoms with van der Waals surface area (Å²) in [4.78, 5) is 41.8. The molecule has 3 N–H and O–H groups in total. The zero-order valence-electron chi connectivity index (χ0n) is 13.7. The smallest absolute Gasteiger partial charge is 0.326 e. The number of likely N-dealkylation sites (tertiary alicyclic amines) is 1. The van der Waals surface area contributed by atoms with E-state index in [-0.39, 0.29) is 24.3 Å². The molecule has 1 saturated heterocycles. The van der Waals surface area contributed by atoms with Gasteiger partial charge in [0.2, 0.25) is 5.91 Å². The van der Waals surface area contributed by atoms with Crippen molar-refractivity contribution in [1.82, 2.24) is 14.5 Å². The maximum atomic E-state index is 12.8. The lowest BCUT2D eigenvalue weighted by Gasteiger charge is -2.24. The fourth-order valence-electron chi connectivity index (χ4n) is 3.84. The molecule has 0 unspecified atom stereocenters. The molecule has 1 amide bonds. The summed E-state index contributed by atoms with van der Waals surface area (Å²) >= 11 is 0. The van der Waals surface area contributed by atoms with E-state index in [1.807, 2.05) is 0 Å². The predicted octanol–water partition coefficient (Wildman–Crippen LogP) is 0.895. The normalized spacial score (nSPS) is 24.4. The Morgan fingerprint density at radius 2 is 2.08 bits per heavy atom. The van der Waals surface area contributed by atoms with Crippen LogP contribution in [0.2, 0.25) is 0 Å². The van der Waals surface area contributed by atoms with Gasteiger partial charge in [0.25, 0.3) is 0 Å². The van der Waals surface area contributed by atoms with Crippen LogP contribution in [-0.2, 0) is 16.1 Å². The number of nitrogens with zero attached hydrogens (tertiary/aromatic N) is 3. The van der Waals surface area contributed by atoms with Gasteiger partial charge in [0.1, 0.15) is 24.1 Å². The average Bonchev–Trinajstić information content (AvgIpc) is 3.06. The van der Waals surface area contributed by atoms with Crippen molar-refractivity contribution in [3.8, 4) is 0 Å². The van der Waals surface area contributed by atoms with Gasteiger partial charge >= 0.3 is 5.97 Å². The Balaban J connectivity index is 1.68. The van der Waals surface area contributed by atoms with Gasteiger partial charge in [-0.05, 0) is 37.8 Å². The number of nitrogen functional groups attached to an aromatic ring is 1. The summed E-state index contributed by atoms with van der Waals surface area (Å²) in [6.45, 7) is 1.39. The second kappa shape index (κ2) is 5.30. The first-order valence-corrected chi connectivity index (χ1v) is 8.17. The average molecular weight is 342 g/mol. The van der Waals surface area contributed by atoms with Crippen molar-refractivity contribution in [2.75, 3.05) is 5.73 Å². The minimum atomic E-state index is -0.968. The van der Waals surface area contributed by atoms with Crippen LogP contribution in [0.3, 0.4) is 0 Å². The number of anilines is 1. The third-order valence-corrected chi connectivity index (χ3v) is 5.11. The SMILES string of the molecule is CC(=O)c1cn(CC(=O)N2[C@@H]3C[C@@H]3C[C@H]2C(=O)O)c2nc(N)ccc12. The summed E-state index contributed by atoms with van der Waals surface area (Å²) < 4.78 is 1.58. The number of nitrogens with two attached hydrogens (primary N) is 1. The minimum Gasteiger partial charge on any atom is -0.480 e. The Morgan fingerprint density at radius 1 is 1.32 bits per heavy atom. The number of carboxylic acids is 1. The van der Waals surface area contributed by atoms with E-state index >= 15 is 0 Å². The van der Waals surface area contributed by atoms with E-state index in [1.54, 1.807) is 22.9 Å². The Hall–Kier alpha value is -2.90. The minimum absolute atomic E-state index is 0.0285. The quantitative estimate of drug-likeness (QED) is 0.797. The van der Waals surface area contributed by atoms with E-state index in [1.165, 1.54) is 11.8 Å². The van der Waals surface area contributed by atoms with Gasteiger partial charge in [0.15, 0.2) is 5.78 Å². The molecule has 0 bridgehead atoms. The van der Waals surface area contributed by atoms with Crippen LogP contribution in [0.25, 0.3) is 11.0 Å². The number of piperidine rings is 1. The van der Waals surface area contributed by atoms with Crippen LogP contribution in [0.5, 0.6) is 0 Å². The number of carbonyl (C=O) groups is 3. The number of ketones is 1. The van der Waals surface area contributed by atoms with Crippen molar-refractivity contribution in [2.45, 2.75) is 38.4 Å². The maximum Gasteiger partial charge on any atom is 0.326 e. The summed E-state index contributed by atoms with van der Waals surface area (Å²) in [5.74, 6) is -0.776. The molecule has 3 heterocycles. The molecule has 0 aromatic carbocycles. The first-order chi connectivity index (χ1) is 11.9. The molecule has 0 radical (unpaired) electrons. The lowest BCUT2D eigenvalue weighted by molar-refractivity contribution is -0.149. The zero-order valence-corrected chi connectivity index (χ0v) is 13.7. The van der Waals surface area contributed by atoms with Crippen LogP contribution in [0, 0.1) is 5.92 Å². The van der Waals surface area contributed by atoms with Crippen LogP contribution in [0.15, 0.2) is 18.3 Å². The fraction of sp³-hybridized carbons (Fsp3) is 0.412. The van der Waals surface area contributed by atoms with E-state index in [0.29, 0.717) is 34.8 Å². The molecule has 2 aliphatic rings. The second-order valence-corrected chi connectivity index (χ2v) is 6.79. The van der Waals surface area contributed by atoms with E-state index in [4.69, 9.17) is 5.73 Å². The number of hydrogen-bond acceptors (Lipinski definition) is 5. The summed E-state index contributed by atoms with van der Waals surface area (Å²) in [5.41, 5.74) is 6.66. The highest BCUT2D eigenvalue weighted by atomic mass is 16.4. The van der Waals surface area contributed by atoms with Crippen LogP contribution in [0.4, 0.5) is 5.82 Å². The van der Waals surface area contributed by atoms with Crippen molar-refractivity contribution in [3.63, 3.8) is 0 Å². The van der Waals surface area contributed by atoms with Crippen molar-refractivity contribution < 1.29 is 19.5 Å². The molecule has 130 valence electrons. The lowest BCUT2D eigenvalue weighted by atomic mass is 10.1. The molecule has 2 aromatic rings. The highest BCUT2D eigenvalue weighted by Gasteiger charge is 2.56. The number of aromatic nitrogens is 2. The third-order valence-electron chi connectivity index (χ3n) is 5.11. The molecule has 0 spiro atoms. The van der Waals surface area contributed by atoms with Gasteiger partial charge in [0.05, 0.1) is 0 Å². The number of aliphatic carboxylic acids is 1. The number of pyridine rings is 1. The topological polar surface area (TPSA) is 119 Å². The molecular weight excluding hydrogens is 324 g/mol. The Morgan fingerprint density at radius 3 is 2.76 bits per heavy atom. The molecule has 3 atom stereocenters. The van der Waals surface area contributed by atoms with E-state index in [2.05, 4.69) is 4.98 Å². The maximum absolute atomic E-state index is 12.8. The number of carbonyl (C=O) groups excluding carboxylic acids is 2. The Kier molecular flexibility index (Phi) is 3.31. The molecule has 2 aromatic heterocycles. The monoisotopic (exact) mass is 342 g/mol. The lowest BCUT2D eigenvalue weighted by Crippen LogP contribution is -2.44. The summed E-state index contributed by atoms with van der Waals surface area (Å²) in [6, 6.07) is 2.59. The van der Waals surface area contributed by atoms with Gasteiger partial charge in [-0.25, -0.2) is 9.78 Å². The molecule has 1 aliphatic heterocycles. The number of fused-ring (bicyclic) bond motifs is 2. The first-order valence-electron chi connectivity index (χ1n) is 8.17. The molecule has 1 saturated carbocycles. The number of Topliss-reactive ketones (excluding diaryl/α,β-unsaturated/α-hetero) is 1. The van der Waals surface area contributed by atoms with Crippen molar-refractivity contribution in [1.29, 1.82) is 0 Å². The van der Waals surface area contributed by atoms with Gasteiger partial charge < -0.3 is 20.3 Å². The largest absolute Gasteiger partial charge is 0.480 e. The standard InChI is InChI=1S/C17H18N4O4/c1-8(22)11-6-20(16-10(11)2-3-14(18)19-16)7-15(23)21-12-4-9(12)5-13(21)17(24)25/h2-3,6,9,12-13H,4-5,7H2,1H3,(H2,18,19)(H,24,25)/t9-,12-,13+/m1/s1. The van der Waals surface area contributed by atoms with Crippen LogP contribution >= 0.6 is 0 Å². The summed E-state index contributed by atoms with van der Waals surface area (Å²) in [5, 5.41) is 9.98. The van der Waals surface area contributed by atoms with E-state index < -0.39 is 12.0 Å². The fourth-order valence-corrected chi connectivity index (χ4v) is 3.84. The van der Waals surface area contributed by atoms with Crippen molar-refractivity contribution in [2.24, 2.45) is 5.92 Å². The number of hydrogen-bond donors (Lipinski definition) is 2. The second-order valence-electron chi connectivity index (χ2n) is 6.79. The van der Waals surface area contributed by atoms with Crippen molar-refractivity contribution >= 4 is 34.5 Å². The molecule has 8 heteroatoms. The van der Waals surface area contributed by atoms with E-state index in [9.17, 15) is 19.5 Å². The summed E-state index contributed by atoms with van der Waals surface area (Å²) in [6.07, 6.45) is 2.97. The van der Waals surface area contributed by atoms with Gasteiger partial charge in [-0.3, -0.25) is 9.59 Å². The summed E-state index contributed by atoms with van der Waals surface area (Å²) in [7, 11) is 0. The first kappa shape index (κ1) is 15.6. The molecule has 4 rings (SSSR count). The van der Waals surface area contributed by atoms with Crippen LogP contribution < -0.4 is 5.73 Å². The number of carboxylic acid groups (broad SMARTS) is 1. The Labute approximate surface area is 143 Å². The van der Waals surface area contributed by atoms with Crippen LogP contribution in [-0.4, -0.2) is 49.3 Å². The van der Waals surface area contributed by atoms with Crippen molar-refractivity contribution in [3.05, 3.63) is 23.9 Å². The molecule has 2 fully saturated rings. The van der Waals surface area contributed by atoms with Gasteiger partial charge in [-0.1, -0.05) is 0 Å². The van der Waals surface area contributed by atoms with Gasteiger partial charge in [-0.2, -0.15) is 0 Å². The van der Waals surface area contributed by atoms with Gasteiger partial charge in [-0.15, -0.1) is 0 Å². The van der Waals surface area contributed by atoms with E-state index in [0.717, 1.165) is 6.42 Å². The number of amides is 1.